The Morgan fingerprint density at radius 1 is 0.821 bits per heavy atom. The Morgan fingerprint density at radius 2 is 1.43 bits per heavy atom. The first-order valence-electron chi connectivity index (χ1n) is 8.43. The number of sulfone groups is 1. The maximum Gasteiger partial charge on any atom is 0.238 e. The molecule has 0 spiro atoms. The lowest BCUT2D eigenvalue weighted by molar-refractivity contribution is 0.582. The van der Waals surface area contributed by atoms with Crippen molar-refractivity contribution in [1.82, 2.24) is 4.98 Å². The van der Waals surface area contributed by atoms with Crippen LogP contribution in [0.2, 0.25) is 5.02 Å². The first-order chi connectivity index (χ1) is 13.6. The highest BCUT2D eigenvalue weighted by Crippen LogP contribution is 2.36. The lowest BCUT2D eigenvalue weighted by Crippen LogP contribution is -2.05. The molecule has 4 aromatic rings. The zero-order valence-corrected chi connectivity index (χ0v) is 16.1. The summed E-state index contributed by atoms with van der Waals surface area (Å²) in [5.74, 6) is 0.156. The molecule has 3 aromatic carbocycles. The van der Waals surface area contributed by atoms with Crippen LogP contribution in [0.3, 0.4) is 0 Å². The van der Waals surface area contributed by atoms with Crippen LogP contribution in [-0.2, 0) is 9.84 Å². The summed E-state index contributed by atoms with van der Waals surface area (Å²) in [5, 5.41) is 3.23. The molecule has 4 rings (SSSR count). The van der Waals surface area contributed by atoms with Crippen LogP contribution in [0.4, 0.5) is 11.6 Å². The Labute approximate surface area is 167 Å². The zero-order chi connectivity index (χ0) is 19.6. The number of para-hydroxylation sites is 1. The Balaban J connectivity index is 1.87. The quantitative estimate of drug-likeness (QED) is 0.465. The first kappa shape index (κ1) is 18.3. The molecule has 0 atom stereocenters. The maximum absolute atomic E-state index is 13.2. The molecule has 0 radical (unpaired) electrons. The minimum atomic E-state index is -3.90. The van der Waals surface area contributed by atoms with E-state index in [9.17, 15) is 8.42 Å². The monoisotopic (exact) mass is 410 g/mol. The lowest BCUT2D eigenvalue weighted by atomic mass is 10.2. The minimum absolute atomic E-state index is 0.0324. The van der Waals surface area contributed by atoms with Crippen molar-refractivity contribution in [3.8, 4) is 11.5 Å². The second kappa shape index (κ2) is 7.50. The van der Waals surface area contributed by atoms with E-state index >= 15 is 0 Å². The van der Waals surface area contributed by atoms with Crippen LogP contribution in [0, 0.1) is 0 Å². The van der Waals surface area contributed by atoms with E-state index in [1.807, 2.05) is 18.2 Å². The average Bonchev–Trinajstić information content (AvgIpc) is 3.14. The predicted octanol–water partition coefficient (Wildman–Crippen LogP) is 5.57. The van der Waals surface area contributed by atoms with Gasteiger partial charge in [0.05, 0.1) is 15.5 Å². The van der Waals surface area contributed by atoms with Gasteiger partial charge in [0.25, 0.3) is 0 Å². The Morgan fingerprint density at radius 3 is 2.11 bits per heavy atom. The fraction of sp³-hybridized carbons (Fsp3) is 0. The molecule has 140 valence electrons. The van der Waals surface area contributed by atoms with Gasteiger partial charge in [-0.3, -0.25) is 0 Å². The third kappa shape index (κ3) is 3.52. The van der Waals surface area contributed by atoms with E-state index in [4.69, 9.17) is 16.0 Å². The normalized spacial score (nSPS) is 11.3. The van der Waals surface area contributed by atoms with Gasteiger partial charge in [0.1, 0.15) is 0 Å². The van der Waals surface area contributed by atoms with Crippen LogP contribution in [0.5, 0.6) is 0 Å². The second-order valence-corrected chi connectivity index (χ2v) is 8.21. The average molecular weight is 411 g/mol. The van der Waals surface area contributed by atoms with E-state index in [0.29, 0.717) is 16.3 Å². The van der Waals surface area contributed by atoms with Crippen molar-refractivity contribution in [3.63, 3.8) is 0 Å². The molecule has 0 aliphatic rings. The topological polar surface area (TPSA) is 72.2 Å². The molecule has 0 saturated carbocycles. The van der Waals surface area contributed by atoms with Crippen LogP contribution in [0.25, 0.3) is 11.5 Å². The van der Waals surface area contributed by atoms with E-state index in [1.54, 1.807) is 54.6 Å². The number of benzene rings is 3. The van der Waals surface area contributed by atoms with Gasteiger partial charge in [-0.15, -0.1) is 0 Å². The van der Waals surface area contributed by atoms with Crippen molar-refractivity contribution in [1.29, 1.82) is 0 Å². The molecule has 0 bridgehead atoms. The van der Waals surface area contributed by atoms with Crippen LogP contribution < -0.4 is 5.32 Å². The summed E-state index contributed by atoms with van der Waals surface area (Å²) in [6.07, 6.45) is 0. The van der Waals surface area contributed by atoms with Crippen molar-refractivity contribution >= 4 is 33.0 Å². The third-order valence-corrected chi connectivity index (χ3v) is 6.05. The molecule has 7 heteroatoms. The van der Waals surface area contributed by atoms with Crippen molar-refractivity contribution in [3.05, 3.63) is 90.0 Å². The summed E-state index contributed by atoms with van der Waals surface area (Å²) in [7, 11) is -3.90. The smallest absolute Gasteiger partial charge is 0.238 e. The molecule has 28 heavy (non-hydrogen) atoms. The molecule has 0 aliphatic carbocycles. The van der Waals surface area contributed by atoms with Gasteiger partial charge < -0.3 is 9.73 Å². The summed E-state index contributed by atoms with van der Waals surface area (Å²) >= 11 is 6.24. The maximum atomic E-state index is 13.2. The highest BCUT2D eigenvalue weighted by atomic mass is 35.5. The van der Waals surface area contributed by atoms with Gasteiger partial charge >= 0.3 is 0 Å². The van der Waals surface area contributed by atoms with Gasteiger partial charge in [-0.05, 0) is 36.4 Å². The zero-order valence-electron chi connectivity index (χ0n) is 14.5. The summed E-state index contributed by atoms with van der Waals surface area (Å²) in [4.78, 5) is 4.41. The first-order valence-corrected chi connectivity index (χ1v) is 10.3. The molecule has 0 aliphatic heterocycles. The van der Waals surface area contributed by atoms with Crippen LogP contribution >= 0.6 is 11.6 Å². The molecule has 1 heterocycles. The van der Waals surface area contributed by atoms with Gasteiger partial charge in [-0.25, -0.2) is 8.42 Å². The highest BCUT2D eigenvalue weighted by molar-refractivity contribution is 7.91. The highest BCUT2D eigenvalue weighted by Gasteiger charge is 2.29. The van der Waals surface area contributed by atoms with Crippen molar-refractivity contribution in [2.75, 3.05) is 5.32 Å². The lowest BCUT2D eigenvalue weighted by Gasteiger charge is -2.05. The number of nitrogens with one attached hydrogen (secondary N) is 1. The van der Waals surface area contributed by atoms with Crippen LogP contribution in [0.1, 0.15) is 0 Å². The number of halogens is 1. The molecular weight excluding hydrogens is 396 g/mol. The number of anilines is 2. The van der Waals surface area contributed by atoms with E-state index in [-0.39, 0.29) is 21.7 Å². The van der Waals surface area contributed by atoms with Gasteiger partial charge in [0, 0.05) is 5.69 Å². The molecule has 0 saturated heterocycles. The standard InChI is InChI=1S/C21H15ClN2O3S/c22-18-14-8-7-13-17(18)19-24-21(28(25,26)16-11-5-2-6-12-16)20(27-19)23-15-9-3-1-4-10-15/h1-14,23H. The molecule has 0 fully saturated rings. The summed E-state index contributed by atoms with van der Waals surface area (Å²) in [6.45, 7) is 0. The summed E-state index contributed by atoms with van der Waals surface area (Å²) < 4.78 is 32.2. The molecule has 1 aromatic heterocycles. The van der Waals surface area contributed by atoms with Gasteiger partial charge in [-0.1, -0.05) is 60.1 Å². The number of rotatable bonds is 5. The van der Waals surface area contributed by atoms with Crippen molar-refractivity contribution in [2.24, 2.45) is 0 Å². The summed E-state index contributed by atoms with van der Waals surface area (Å²) in [5.41, 5.74) is 1.18. The van der Waals surface area contributed by atoms with Crippen LogP contribution in [-0.4, -0.2) is 13.4 Å². The molecular formula is C21H15ClN2O3S. The fourth-order valence-electron chi connectivity index (χ4n) is 2.68. The number of hydrogen-bond donors (Lipinski definition) is 1. The number of oxazole rings is 1. The Bertz CT molecular complexity index is 1210. The summed E-state index contributed by atoms with van der Waals surface area (Å²) in [6, 6.07) is 24.2. The Kier molecular flexibility index (Phi) is 4.90. The minimum Gasteiger partial charge on any atom is -0.419 e. The van der Waals surface area contributed by atoms with Gasteiger partial charge in [0.15, 0.2) is 0 Å². The number of hydrogen-bond acceptors (Lipinski definition) is 5. The van der Waals surface area contributed by atoms with Crippen LogP contribution in [0.15, 0.2) is 99.3 Å². The van der Waals surface area contributed by atoms with E-state index in [0.717, 1.165) is 0 Å². The molecule has 1 N–H and O–H groups in total. The van der Waals surface area contributed by atoms with Gasteiger partial charge in [0.2, 0.25) is 26.6 Å². The molecule has 5 nitrogen and oxygen atoms in total. The fourth-order valence-corrected chi connectivity index (χ4v) is 4.18. The second-order valence-electron chi connectivity index (χ2n) is 5.94. The number of aromatic nitrogens is 1. The molecule has 0 unspecified atom stereocenters. The van der Waals surface area contributed by atoms with Gasteiger partial charge in [-0.2, -0.15) is 4.98 Å². The van der Waals surface area contributed by atoms with Crippen molar-refractivity contribution < 1.29 is 12.8 Å². The molecule has 0 amide bonds. The number of nitrogens with zero attached hydrogens (tertiary/aromatic N) is 1. The largest absolute Gasteiger partial charge is 0.419 e. The third-order valence-electron chi connectivity index (χ3n) is 4.04. The van der Waals surface area contributed by atoms with Crippen molar-refractivity contribution in [2.45, 2.75) is 9.92 Å². The van der Waals surface area contributed by atoms with E-state index in [1.165, 1.54) is 12.1 Å². The Hall–Kier alpha value is -3.09. The predicted molar refractivity (Wildman–Crippen MR) is 109 cm³/mol. The van der Waals surface area contributed by atoms with E-state index in [2.05, 4.69) is 10.3 Å². The van der Waals surface area contributed by atoms with E-state index < -0.39 is 9.84 Å². The SMILES string of the molecule is O=S(=O)(c1ccccc1)c1nc(-c2ccccc2Cl)oc1Nc1ccccc1.